The lowest BCUT2D eigenvalue weighted by atomic mass is 10.2. The van der Waals surface area contributed by atoms with Gasteiger partial charge in [0.1, 0.15) is 5.82 Å². The molecule has 1 unspecified atom stereocenters. The summed E-state index contributed by atoms with van der Waals surface area (Å²) in [5.74, 6) is -0.437. The van der Waals surface area contributed by atoms with Gasteiger partial charge in [-0.15, -0.1) is 0 Å². The minimum absolute atomic E-state index is 0.0120. The molecule has 122 valence electrons. The molecule has 0 radical (unpaired) electrons. The van der Waals surface area contributed by atoms with E-state index in [1.165, 1.54) is 22.5 Å². The summed E-state index contributed by atoms with van der Waals surface area (Å²) in [6.45, 7) is 4.51. The number of halogens is 1. The second-order valence-electron chi connectivity index (χ2n) is 5.86. The zero-order chi connectivity index (χ0) is 16.6. The maximum absolute atomic E-state index is 13.3. The lowest BCUT2D eigenvalue weighted by Crippen LogP contribution is -2.39. The molecule has 0 aliphatic carbocycles. The van der Waals surface area contributed by atoms with Gasteiger partial charge in [0.05, 0.1) is 10.6 Å². The van der Waals surface area contributed by atoms with Crippen molar-refractivity contribution in [1.82, 2.24) is 5.32 Å². The van der Waals surface area contributed by atoms with Gasteiger partial charge in [-0.1, -0.05) is 18.2 Å². The minimum atomic E-state index is -3.75. The second kappa shape index (κ2) is 5.94. The van der Waals surface area contributed by atoms with Crippen LogP contribution in [0.5, 0.6) is 0 Å². The Labute approximate surface area is 136 Å². The Hall–Kier alpha value is -1.92. The number of sulfonamides is 1. The number of para-hydroxylation sites is 1. The molecule has 2 aromatic rings. The third kappa shape index (κ3) is 2.96. The normalized spacial score (nSPS) is 18.4. The first-order valence-corrected chi connectivity index (χ1v) is 8.94. The lowest BCUT2D eigenvalue weighted by molar-refractivity contribution is 0.555. The minimum Gasteiger partial charge on any atom is -0.308 e. The van der Waals surface area contributed by atoms with E-state index < -0.39 is 15.8 Å². The maximum Gasteiger partial charge on any atom is 0.264 e. The van der Waals surface area contributed by atoms with Gasteiger partial charge in [0.25, 0.3) is 10.0 Å². The molecule has 1 aliphatic rings. The molecule has 0 bridgehead atoms. The van der Waals surface area contributed by atoms with Crippen LogP contribution < -0.4 is 9.62 Å². The number of nitrogens with one attached hydrogen (secondary N) is 1. The molecule has 2 aromatic carbocycles. The van der Waals surface area contributed by atoms with Gasteiger partial charge >= 0.3 is 0 Å². The highest BCUT2D eigenvalue weighted by Gasteiger charge is 2.31. The molecule has 1 atom stereocenters. The van der Waals surface area contributed by atoms with Crippen LogP contribution in [0.4, 0.5) is 10.1 Å². The average molecular weight is 334 g/mol. The van der Waals surface area contributed by atoms with Crippen molar-refractivity contribution in [2.24, 2.45) is 0 Å². The first-order valence-electron chi connectivity index (χ1n) is 7.50. The smallest absolute Gasteiger partial charge is 0.264 e. The highest BCUT2D eigenvalue weighted by atomic mass is 32.2. The third-order valence-corrected chi connectivity index (χ3v) is 5.99. The van der Waals surface area contributed by atoms with Crippen LogP contribution in [0.15, 0.2) is 47.4 Å². The van der Waals surface area contributed by atoms with Gasteiger partial charge in [-0.2, -0.15) is 0 Å². The molecule has 3 rings (SSSR count). The van der Waals surface area contributed by atoms with Crippen molar-refractivity contribution in [3.8, 4) is 0 Å². The molecule has 4 nitrogen and oxygen atoms in total. The van der Waals surface area contributed by atoms with E-state index in [1.54, 1.807) is 6.92 Å². The summed E-state index contributed by atoms with van der Waals surface area (Å²) >= 11 is 0. The van der Waals surface area contributed by atoms with Crippen LogP contribution in [0, 0.1) is 12.7 Å². The number of aryl methyl sites for hydroxylation is 1. The monoisotopic (exact) mass is 334 g/mol. The zero-order valence-corrected chi connectivity index (χ0v) is 13.9. The fourth-order valence-electron chi connectivity index (χ4n) is 2.85. The van der Waals surface area contributed by atoms with Gasteiger partial charge < -0.3 is 5.32 Å². The van der Waals surface area contributed by atoms with Gasteiger partial charge in [-0.25, -0.2) is 12.8 Å². The maximum atomic E-state index is 13.3. The van der Waals surface area contributed by atoms with Crippen LogP contribution in [0.2, 0.25) is 0 Å². The van der Waals surface area contributed by atoms with E-state index in [1.807, 2.05) is 31.2 Å². The van der Waals surface area contributed by atoms with Crippen molar-refractivity contribution in [3.05, 3.63) is 59.4 Å². The lowest BCUT2D eigenvalue weighted by Gasteiger charge is -2.26. The largest absolute Gasteiger partial charge is 0.308 e. The molecule has 6 heteroatoms. The molecule has 0 spiro atoms. The number of rotatable bonds is 2. The molecule has 23 heavy (non-hydrogen) atoms. The molecular formula is C17H19FN2O2S. The van der Waals surface area contributed by atoms with E-state index in [-0.39, 0.29) is 10.9 Å². The van der Waals surface area contributed by atoms with Crippen molar-refractivity contribution in [3.63, 3.8) is 0 Å². The Morgan fingerprint density at radius 1 is 1.22 bits per heavy atom. The quantitative estimate of drug-likeness (QED) is 0.919. The zero-order valence-electron chi connectivity index (χ0n) is 13.1. The summed E-state index contributed by atoms with van der Waals surface area (Å²) in [6.07, 6.45) is 0. The second-order valence-corrected chi connectivity index (χ2v) is 7.69. The van der Waals surface area contributed by atoms with Crippen molar-refractivity contribution in [2.45, 2.75) is 31.3 Å². The van der Waals surface area contributed by atoms with Crippen LogP contribution in [0.3, 0.4) is 0 Å². The van der Waals surface area contributed by atoms with Crippen LogP contribution in [-0.2, 0) is 16.6 Å². The topological polar surface area (TPSA) is 49.4 Å². The van der Waals surface area contributed by atoms with Gasteiger partial charge in [-0.3, -0.25) is 4.31 Å². The van der Waals surface area contributed by atoms with E-state index in [0.717, 1.165) is 5.56 Å². The molecule has 0 saturated heterocycles. The van der Waals surface area contributed by atoms with E-state index >= 15 is 0 Å². The van der Waals surface area contributed by atoms with E-state index in [9.17, 15) is 12.8 Å². The molecule has 1 aliphatic heterocycles. The van der Waals surface area contributed by atoms with Crippen LogP contribution in [-0.4, -0.2) is 21.0 Å². The Morgan fingerprint density at radius 2 is 1.96 bits per heavy atom. The molecule has 0 fully saturated rings. The van der Waals surface area contributed by atoms with E-state index in [2.05, 4.69) is 5.32 Å². The fraction of sp³-hybridized carbons (Fsp3) is 0.294. The number of anilines is 1. The summed E-state index contributed by atoms with van der Waals surface area (Å²) in [6, 6.07) is 11.2. The Balaban J connectivity index is 2.14. The summed E-state index contributed by atoms with van der Waals surface area (Å²) in [5.41, 5.74) is 2.01. The van der Waals surface area contributed by atoms with E-state index in [0.29, 0.717) is 24.3 Å². The van der Waals surface area contributed by atoms with Crippen molar-refractivity contribution >= 4 is 15.7 Å². The standard InChI is InChI=1S/C17H19FN2O2S/c1-12-9-15(18)7-8-17(12)23(21,22)20-11-13(2)19-10-14-5-3-4-6-16(14)20/h3-9,13,19H,10-11H2,1-2H3. The number of hydrogen-bond acceptors (Lipinski definition) is 3. The first kappa shape index (κ1) is 16.0. The van der Waals surface area contributed by atoms with Crippen LogP contribution >= 0.6 is 0 Å². The van der Waals surface area contributed by atoms with E-state index in [4.69, 9.17) is 0 Å². The Bertz CT molecular complexity index is 836. The number of hydrogen-bond donors (Lipinski definition) is 1. The molecular weight excluding hydrogens is 315 g/mol. The van der Waals surface area contributed by atoms with Crippen molar-refractivity contribution in [1.29, 1.82) is 0 Å². The van der Waals surface area contributed by atoms with Gasteiger partial charge in [0, 0.05) is 19.1 Å². The number of benzene rings is 2. The summed E-state index contributed by atoms with van der Waals surface area (Å²) in [5, 5.41) is 3.31. The van der Waals surface area contributed by atoms with Crippen molar-refractivity contribution < 1.29 is 12.8 Å². The van der Waals surface area contributed by atoms with Crippen molar-refractivity contribution in [2.75, 3.05) is 10.8 Å². The van der Waals surface area contributed by atoms with Gasteiger partial charge in [-0.05, 0) is 49.2 Å². The first-order chi connectivity index (χ1) is 10.9. The highest BCUT2D eigenvalue weighted by molar-refractivity contribution is 7.92. The average Bonchev–Trinajstić information content (AvgIpc) is 2.67. The Kier molecular flexibility index (Phi) is 4.12. The number of nitrogens with zero attached hydrogens (tertiary/aromatic N) is 1. The van der Waals surface area contributed by atoms with Gasteiger partial charge in [0.2, 0.25) is 0 Å². The summed E-state index contributed by atoms with van der Waals surface area (Å²) < 4.78 is 41.1. The molecule has 0 amide bonds. The Morgan fingerprint density at radius 3 is 2.70 bits per heavy atom. The fourth-order valence-corrected chi connectivity index (χ4v) is 4.65. The predicted molar refractivity (Wildman–Crippen MR) is 88.4 cm³/mol. The van der Waals surface area contributed by atoms with Gasteiger partial charge in [0.15, 0.2) is 0 Å². The molecule has 1 N–H and O–H groups in total. The van der Waals surface area contributed by atoms with Crippen LogP contribution in [0.25, 0.3) is 0 Å². The number of fused-ring (bicyclic) bond motifs is 1. The highest BCUT2D eigenvalue weighted by Crippen LogP contribution is 2.30. The van der Waals surface area contributed by atoms with Crippen LogP contribution in [0.1, 0.15) is 18.1 Å². The summed E-state index contributed by atoms with van der Waals surface area (Å²) in [4.78, 5) is 0.141. The molecule has 1 heterocycles. The third-order valence-electron chi connectivity index (χ3n) is 4.05. The SMILES string of the molecule is Cc1cc(F)ccc1S(=O)(=O)N1CC(C)NCc2ccccc21. The summed E-state index contributed by atoms with van der Waals surface area (Å²) in [7, 11) is -3.75. The molecule has 0 aromatic heterocycles. The predicted octanol–water partition coefficient (Wildman–Crippen LogP) is 2.82. The molecule has 0 saturated carbocycles.